The van der Waals surface area contributed by atoms with Gasteiger partial charge in [0.2, 0.25) is 0 Å². The fourth-order valence-electron chi connectivity index (χ4n) is 1.47. The van der Waals surface area contributed by atoms with Gasteiger partial charge in [0.1, 0.15) is 13.2 Å². The average Bonchev–Trinajstić information content (AvgIpc) is 2.29. The van der Waals surface area contributed by atoms with Gasteiger partial charge in [-0.1, -0.05) is 6.07 Å². The topological polar surface area (TPSA) is 42.2 Å². The van der Waals surface area contributed by atoms with Crippen molar-refractivity contribution in [2.75, 3.05) is 13.2 Å². The van der Waals surface area contributed by atoms with Gasteiger partial charge < -0.3 is 9.47 Å². The first-order valence-electron chi connectivity index (χ1n) is 4.77. The van der Waals surface area contributed by atoms with Crippen LogP contribution in [0.25, 0.3) is 5.57 Å². The van der Waals surface area contributed by atoms with Crippen LogP contribution in [-0.4, -0.2) is 13.2 Å². The highest BCUT2D eigenvalue weighted by molar-refractivity contribution is 5.68. The van der Waals surface area contributed by atoms with Crippen LogP contribution in [0.5, 0.6) is 11.5 Å². The number of hydrogen-bond donors (Lipinski definition) is 0. The van der Waals surface area contributed by atoms with Crippen LogP contribution in [0.1, 0.15) is 12.5 Å². The van der Waals surface area contributed by atoms with Crippen molar-refractivity contribution in [3.8, 4) is 17.6 Å². The quantitative estimate of drug-likeness (QED) is 0.655. The Labute approximate surface area is 88.5 Å². The second-order valence-corrected chi connectivity index (χ2v) is 3.31. The molecule has 0 aromatic heterocycles. The Morgan fingerprint density at radius 2 is 2.07 bits per heavy atom. The molecule has 0 radical (unpaired) electrons. The Morgan fingerprint density at radius 1 is 1.33 bits per heavy atom. The van der Waals surface area contributed by atoms with Crippen LogP contribution in [0.3, 0.4) is 0 Å². The smallest absolute Gasteiger partial charge is 0.161 e. The van der Waals surface area contributed by atoms with Gasteiger partial charge in [-0.3, -0.25) is 0 Å². The second-order valence-electron chi connectivity index (χ2n) is 3.31. The predicted molar refractivity (Wildman–Crippen MR) is 56.7 cm³/mol. The zero-order valence-corrected chi connectivity index (χ0v) is 8.49. The van der Waals surface area contributed by atoms with E-state index in [1.807, 2.05) is 31.2 Å². The fourth-order valence-corrected chi connectivity index (χ4v) is 1.47. The maximum atomic E-state index is 8.55. The molecule has 0 saturated heterocycles. The highest BCUT2D eigenvalue weighted by Crippen LogP contribution is 2.32. The molecule has 0 fully saturated rings. The van der Waals surface area contributed by atoms with Gasteiger partial charge >= 0.3 is 0 Å². The summed E-state index contributed by atoms with van der Waals surface area (Å²) in [6.45, 7) is 3.07. The molecule has 1 aliphatic heterocycles. The second kappa shape index (κ2) is 4.05. The predicted octanol–water partition coefficient (Wildman–Crippen LogP) is 2.38. The van der Waals surface area contributed by atoms with E-state index in [1.165, 1.54) is 6.08 Å². The van der Waals surface area contributed by atoms with E-state index in [2.05, 4.69) is 0 Å². The Balaban J connectivity index is 2.37. The Morgan fingerprint density at radius 3 is 2.80 bits per heavy atom. The number of hydrogen-bond acceptors (Lipinski definition) is 3. The van der Waals surface area contributed by atoms with Crippen molar-refractivity contribution in [3.05, 3.63) is 29.8 Å². The summed E-state index contributed by atoms with van der Waals surface area (Å²) in [6.07, 6.45) is 1.52. The first kappa shape index (κ1) is 9.60. The van der Waals surface area contributed by atoms with E-state index in [1.54, 1.807) is 0 Å². The van der Waals surface area contributed by atoms with Crippen molar-refractivity contribution in [2.24, 2.45) is 0 Å². The Kier molecular flexibility index (Phi) is 2.59. The number of nitrogens with zero attached hydrogens (tertiary/aromatic N) is 1. The van der Waals surface area contributed by atoms with E-state index in [4.69, 9.17) is 14.7 Å². The summed E-state index contributed by atoms with van der Waals surface area (Å²) < 4.78 is 10.9. The normalized spacial score (nSPS) is 14.5. The number of rotatable bonds is 1. The van der Waals surface area contributed by atoms with Crippen LogP contribution >= 0.6 is 0 Å². The molecule has 2 rings (SSSR count). The summed E-state index contributed by atoms with van der Waals surface area (Å²) in [6, 6.07) is 7.71. The number of nitriles is 1. The van der Waals surface area contributed by atoms with E-state index in [0.717, 1.165) is 22.6 Å². The lowest BCUT2D eigenvalue weighted by Crippen LogP contribution is -2.15. The highest BCUT2D eigenvalue weighted by atomic mass is 16.6. The van der Waals surface area contributed by atoms with Gasteiger partial charge in [-0.2, -0.15) is 5.26 Å². The highest BCUT2D eigenvalue weighted by Gasteiger charge is 2.11. The van der Waals surface area contributed by atoms with Crippen molar-refractivity contribution in [2.45, 2.75) is 6.92 Å². The Hall–Kier alpha value is -1.95. The lowest BCUT2D eigenvalue weighted by molar-refractivity contribution is 0.171. The molecule has 0 saturated carbocycles. The summed E-state index contributed by atoms with van der Waals surface area (Å²) in [7, 11) is 0. The van der Waals surface area contributed by atoms with E-state index >= 15 is 0 Å². The molecular formula is C12H11NO2. The molecule has 3 heteroatoms. The van der Waals surface area contributed by atoms with Crippen LogP contribution in [0.4, 0.5) is 0 Å². The molecule has 0 spiro atoms. The van der Waals surface area contributed by atoms with E-state index < -0.39 is 0 Å². The minimum Gasteiger partial charge on any atom is -0.486 e. The van der Waals surface area contributed by atoms with Gasteiger partial charge in [0.15, 0.2) is 11.5 Å². The van der Waals surface area contributed by atoms with Gasteiger partial charge in [0.05, 0.1) is 6.07 Å². The molecular weight excluding hydrogens is 190 g/mol. The minimum atomic E-state index is 0.581. The first-order chi connectivity index (χ1) is 7.31. The van der Waals surface area contributed by atoms with Crippen LogP contribution in [-0.2, 0) is 0 Å². The fraction of sp³-hybridized carbons (Fsp3) is 0.250. The number of benzene rings is 1. The summed E-state index contributed by atoms with van der Waals surface area (Å²) in [5.74, 6) is 1.53. The SMILES string of the molecule is CC(=CC#N)c1ccc2c(c1)OCCO2. The van der Waals surface area contributed by atoms with E-state index in [0.29, 0.717) is 13.2 Å². The van der Waals surface area contributed by atoms with E-state index in [-0.39, 0.29) is 0 Å². The van der Waals surface area contributed by atoms with Crippen LogP contribution < -0.4 is 9.47 Å². The zero-order chi connectivity index (χ0) is 10.7. The number of ether oxygens (including phenoxy) is 2. The monoisotopic (exact) mass is 201 g/mol. The standard InChI is InChI=1S/C12H11NO2/c1-9(4-5-13)10-2-3-11-12(8-10)15-7-6-14-11/h2-4,8H,6-7H2,1H3. The van der Waals surface area contributed by atoms with Gasteiger partial charge in [-0.15, -0.1) is 0 Å². The lowest BCUT2D eigenvalue weighted by atomic mass is 10.1. The summed E-state index contributed by atoms with van der Waals surface area (Å²) in [5, 5.41) is 8.55. The minimum absolute atomic E-state index is 0.581. The zero-order valence-electron chi connectivity index (χ0n) is 8.49. The third kappa shape index (κ3) is 1.94. The molecule has 0 atom stereocenters. The average molecular weight is 201 g/mol. The molecule has 0 bridgehead atoms. The maximum Gasteiger partial charge on any atom is 0.161 e. The van der Waals surface area contributed by atoms with Crippen molar-refractivity contribution >= 4 is 5.57 Å². The number of allylic oxidation sites excluding steroid dienone is 2. The molecule has 0 unspecified atom stereocenters. The van der Waals surface area contributed by atoms with Gasteiger partial charge in [-0.05, 0) is 30.2 Å². The molecule has 1 aliphatic rings. The van der Waals surface area contributed by atoms with Gasteiger partial charge in [0.25, 0.3) is 0 Å². The maximum absolute atomic E-state index is 8.55. The third-order valence-electron chi connectivity index (χ3n) is 2.28. The van der Waals surface area contributed by atoms with Crippen LogP contribution in [0.15, 0.2) is 24.3 Å². The van der Waals surface area contributed by atoms with E-state index in [9.17, 15) is 0 Å². The lowest BCUT2D eigenvalue weighted by Gasteiger charge is -2.18. The van der Waals surface area contributed by atoms with Gasteiger partial charge in [0, 0.05) is 6.08 Å². The third-order valence-corrected chi connectivity index (χ3v) is 2.28. The summed E-state index contributed by atoms with van der Waals surface area (Å²) in [4.78, 5) is 0. The molecule has 76 valence electrons. The van der Waals surface area contributed by atoms with Crippen molar-refractivity contribution < 1.29 is 9.47 Å². The summed E-state index contributed by atoms with van der Waals surface area (Å²) >= 11 is 0. The molecule has 0 amide bonds. The molecule has 3 nitrogen and oxygen atoms in total. The van der Waals surface area contributed by atoms with Crippen LogP contribution in [0, 0.1) is 11.3 Å². The van der Waals surface area contributed by atoms with Crippen molar-refractivity contribution in [3.63, 3.8) is 0 Å². The number of fused-ring (bicyclic) bond motifs is 1. The largest absolute Gasteiger partial charge is 0.486 e. The van der Waals surface area contributed by atoms with Crippen molar-refractivity contribution in [1.29, 1.82) is 5.26 Å². The summed E-state index contributed by atoms with van der Waals surface area (Å²) in [5.41, 5.74) is 1.91. The molecule has 0 aliphatic carbocycles. The van der Waals surface area contributed by atoms with Gasteiger partial charge in [-0.25, -0.2) is 0 Å². The molecule has 15 heavy (non-hydrogen) atoms. The molecule has 1 heterocycles. The molecule has 1 aromatic rings. The Bertz CT molecular complexity index is 443. The molecule has 1 aromatic carbocycles. The first-order valence-corrected chi connectivity index (χ1v) is 4.77. The van der Waals surface area contributed by atoms with Crippen LogP contribution in [0.2, 0.25) is 0 Å². The van der Waals surface area contributed by atoms with Crippen molar-refractivity contribution in [1.82, 2.24) is 0 Å². The molecule has 0 N–H and O–H groups in total.